The molecule has 0 aromatic carbocycles. The van der Waals surface area contributed by atoms with Crippen molar-refractivity contribution in [2.45, 2.75) is 333 Å². The van der Waals surface area contributed by atoms with Gasteiger partial charge < -0.3 is 156 Å². The zero-order chi connectivity index (χ0) is 103. The second kappa shape index (κ2) is 49.5. The highest BCUT2D eigenvalue weighted by molar-refractivity contribution is 5.89. The Bertz CT molecular complexity index is 4590. The van der Waals surface area contributed by atoms with E-state index in [0.717, 1.165) is 111 Å². The summed E-state index contributed by atoms with van der Waals surface area (Å²) in [4.78, 5) is 316. The van der Waals surface area contributed by atoms with Gasteiger partial charge in [0.05, 0.1) is 12.2 Å². The molecule has 8 aliphatic rings. The molecule has 0 saturated carbocycles. The van der Waals surface area contributed by atoms with Crippen LogP contribution in [0.15, 0.2) is 0 Å². The summed E-state index contributed by atoms with van der Waals surface area (Å²) in [6, 6.07) is 0. The van der Waals surface area contributed by atoms with Crippen molar-refractivity contribution >= 4 is 143 Å². The highest BCUT2D eigenvalue weighted by Crippen LogP contribution is 2.38. The predicted molar refractivity (Wildman–Crippen MR) is 436 cm³/mol. The molecule has 8 heterocycles. The Balaban J connectivity index is 0.957. The van der Waals surface area contributed by atoms with Crippen molar-refractivity contribution < 1.29 is 233 Å². The minimum Gasteiger partial charge on any atom is -0.461 e. The fourth-order valence-corrected chi connectivity index (χ4v) is 16.4. The van der Waals surface area contributed by atoms with E-state index in [1.165, 1.54) is 20.8 Å². The molecule has 8 saturated heterocycles. The zero-order valence-corrected chi connectivity index (χ0v) is 78.5. The van der Waals surface area contributed by atoms with Crippen LogP contribution in [0.3, 0.4) is 0 Å². The largest absolute Gasteiger partial charge is 0.461 e. The van der Waals surface area contributed by atoms with E-state index >= 15 is 0 Å². The molecule has 8 rings (SSSR count). The third-order valence-corrected chi connectivity index (χ3v) is 21.2. The molecule has 0 aromatic rings. The standard InChI is InChI=1S/C83H111N7O49/c1-27(2)115-83(114)75-67(132-44(19)106)59(124-36(11)98)51(139-75)26-90-82(113)74-66(131-43(18)105)58(123-35(10)97)50(138-74)25-89-81(112)73-65(130-42(17)104)57(122-34(9)96)49(137-73)24-88-80(111)72-64(129-41(16)103)56(121-33(8)95)48(136-72)23-87-79(110)71-63(128-40(15)102)55(120-32(7)94)47(135-71)22-86-78(109)70-62(127-39(14)101)54(119-31(6)93)46(134-70)21-85-77(108)69-61(126-38(13)100)53(118-30(5)92)45(133-69)20-84-76(107)68-60(125-37(12)99)52(28(3)116-68)117-29(4)91/h27-28,45-75H,20-26H2,1-19H3,(H,84,107)(H,85,108)(H,86,109)(H,87,110)(H,88,111)(H,89,112)(H,90,113)/t28-,45-,46-,47-,48-,49-,50-,51-,52-,53-,54-,55-,56-,57-,58-,59-,60+,61+,62+,63+,64+,65+,66+,67+,68+,69+,70+,71+,72+,73+,74+,75+/m1/s1. The first-order chi connectivity index (χ1) is 65.1. The number of carbonyl (C=O) groups is 24. The maximum absolute atomic E-state index is 14.7. The van der Waals surface area contributed by atoms with E-state index in [-0.39, 0.29) is 0 Å². The molecule has 0 bridgehead atoms. The number of rotatable bonds is 39. The molecule has 7 amide bonds. The van der Waals surface area contributed by atoms with Gasteiger partial charge >= 0.3 is 101 Å². The highest BCUT2D eigenvalue weighted by Gasteiger charge is 2.62. The van der Waals surface area contributed by atoms with Crippen molar-refractivity contribution in [3.63, 3.8) is 0 Å². The molecule has 7 N–H and O–H groups in total. The Kier molecular flexibility index (Phi) is 39.6. The molecular formula is C83H111N7O49. The van der Waals surface area contributed by atoms with Crippen molar-refractivity contribution in [1.82, 2.24) is 37.2 Å². The topological polar surface area (TPSA) is 725 Å². The molecular weight excluding hydrogens is 1880 g/mol. The maximum Gasteiger partial charge on any atom is 0.339 e. The van der Waals surface area contributed by atoms with Crippen molar-refractivity contribution in [3.05, 3.63) is 0 Å². The van der Waals surface area contributed by atoms with Crippen LogP contribution in [0, 0.1) is 0 Å². The summed E-state index contributed by atoms with van der Waals surface area (Å²) in [6.45, 7) is 14.0. The Morgan fingerprint density at radius 3 is 0.460 bits per heavy atom. The summed E-state index contributed by atoms with van der Waals surface area (Å²) >= 11 is 0. The second-order valence-corrected chi connectivity index (χ2v) is 32.8. The maximum atomic E-state index is 14.7. The fraction of sp³-hybridized carbons (Fsp3) is 0.711. The van der Waals surface area contributed by atoms with Crippen LogP contribution in [0.5, 0.6) is 0 Å². The number of amides is 7. The molecule has 772 valence electrons. The van der Waals surface area contributed by atoms with Crippen molar-refractivity contribution in [1.29, 1.82) is 0 Å². The lowest BCUT2D eigenvalue weighted by Crippen LogP contribution is -2.50. The molecule has 139 heavy (non-hydrogen) atoms. The summed E-state index contributed by atoms with van der Waals surface area (Å²) in [5.74, 6) is -25.7. The summed E-state index contributed by atoms with van der Waals surface area (Å²) < 4.78 is 140. The van der Waals surface area contributed by atoms with E-state index in [9.17, 15) is 115 Å². The third kappa shape index (κ3) is 30.2. The Morgan fingerprint density at radius 1 is 0.187 bits per heavy atom. The zero-order valence-electron chi connectivity index (χ0n) is 78.5. The minimum absolute atomic E-state index is 0.642. The van der Waals surface area contributed by atoms with Gasteiger partial charge in [-0.05, 0) is 20.8 Å². The van der Waals surface area contributed by atoms with Gasteiger partial charge in [0.25, 0.3) is 41.4 Å². The van der Waals surface area contributed by atoms with E-state index in [2.05, 4.69) is 37.2 Å². The predicted octanol–water partition coefficient (Wildman–Crippen LogP) is -8.18. The van der Waals surface area contributed by atoms with Gasteiger partial charge in [0.15, 0.2) is 146 Å². The van der Waals surface area contributed by atoms with Gasteiger partial charge in [0, 0.05) is 157 Å². The van der Waals surface area contributed by atoms with Gasteiger partial charge in [0.1, 0.15) is 42.7 Å². The Labute approximate surface area is 789 Å². The minimum atomic E-state index is -2.06. The van der Waals surface area contributed by atoms with Gasteiger partial charge in [-0.25, -0.2) is 4.79 Å². The van der Waals surface area contributed by atoms with E-state index < -0.39 is 390 Å². The molecule has 0 spiro atoms. The number of hydrogen-bond acceptors (Lipinski definition) is 49. The van der Waals surface area contributed by atoms with Crippen molar-refractivity contribution in [2.24, 2.45) is 0 Å². The lowest BCUT2D eigenvalue weighted by atomic mass is 10.0. The average Bonchev–Trinajstić information content (AvgIpc) is 1.63. The first-order valence-electron chi connectivity index (χ1n) is 43.3. The van der Waals surface area contributed by atoms with E-state index in [1.807, 2.05) is 0 Å². The van der Waals surface area contributed by atoms with Gasteiger partial charge in [0.2, 0.25) is 0 Å². The van der Waals surface area contributed by atoms with Crippen LogP contribution in [-0.4, -0.2) is 390 Å². The van der Waals surface area contributed by atoms with Crippen LogP contribution in [0.4, 0.5) is 0 Å². The molecule has 56 nitrogen and oxygen atoms in total. The van der Waals surface area contributed by atoms with Crippen LogP contribution < -0.4 is 37.2 Å². The summed E-state index contributed by atoms with van der Waals surface area (Å²) in [7, 11) is 0. The molecule has 8 aliphatic heterocycles. The SMILES string of the molecule is CC(=O)O[C@H]1[C@H](OC(C)=O)[C@@H](C)O[C@@H]1C(=O)NC[C@H]1O[C@H](C(=O)NC[C@H]2O[C@H](C(=O)NC[C@H]3O[C@H](C(=O)NC[C@H]4O[C@H](C(=O)NC[C@H]5O[C@H](C(=O)NC[C@H]6O[C@H](C(=O)NC[C@H]7O[C@H](C(=O)OC(C)C)[C@@H](OC(C)=O)[C@@H]7OC(C)=O)[C@@H](OC(C)=O)[C@@H]6OC(C)=O)[C@@H](OC(C)=O)[C@@H]5OC(C)=O)[C@@H](OC(C)=O)[C@@H]4OC(C)=O)[C@@H](OC(C)=O)[C@@H]3OC(C)=O)[C@@H](OC(C)=O)[C@@H]2OC(C)=O)[C@@H](OC(C)=O)[C@@H]1OC(C)=O. The van der Waals surface area contributed by atoms with Gasteiger partial charge in [-0.1, -0.05) is 0 Å². The fourth-order valence-electron chi connectivity index (χ4n) is 16.4. The van der Waals surface area contributed by atoms with Crippen molar-refractivity contribution in [2.75, 3.05) is 45.8 Å². The number of ether oxygens (including phenoxy) is 25. The van der Waals surface area contributed by atoms with Gasteiger partial charge in [-0.2, -0.15) is 0 Å². The van der Waals surface area contributed by atoms with Crippen molar-refractivity contribution in [3.8, 4) is 0 Å². The number of nitrogens with one attached hydrogen (secondary N) is 7. The van der Waals surface area contributed by atoms with Gasteiger partial charge in [-0.3, -0.25) is 110 Å². The van der Waals surface area contributed by atoms with E-state index in [4.69, 9.17) is 118 Å². The number of hydrogen-bond donors (Lipinski definition) is 7. The molecule has 0 aromatic heterocycles. The van der Waals surface area contributed by atoms with Crippen LogP contribution >= 0.6 is 0 Å². The van der Waals surface area contributed by atoms with Crippen LogP contribution in [0.2, 0.25) is 0 Å². The number of esters is 17. The molecule has 0 radical (unpaired) electrons. The smallest absolute Gasteiger partial charge is 0.339 e. The van der Waals surface area contributed by atoms with Gasteiger partial charge in [-0.15, -0.1) is 0 Å². The van der Waals surface area contributed by atoms with Crippen LogP contribution in [0.1, 0.15) is 132 Å². The summed E-state index contributed by atoms with van der Waals surface area (Å²) in [6.07, 6.45) is -56.3. The molecule has 8 fully saturated rings. The molecule has 56 heteroatoms. The average molecular weight is 1990 g/mol. The Morgan fingerprint density at radius 2 is 0.309 bits per heavy atom. The third-order valence-electron chi connectivity index (χ3n) is 21.2. The highest BCUT2D eigenvalue weighted by atomic mass is 16.7. The molecule has 0 unspecified atom stereocenters. The lowest BCUT2D eigenvalue weighted by molar-refractivity contribution is -0.172. The Hall–Kier alpha value is -13.0. The van der Waals surface area contributed by atoms with Crippen LogP contribution in [0.25, 0.3) is 0 Å². The monoisotopic (exact) mass is 1990 g/mol. The lowest BCUT2D eigenvalue weighted by Gasteiger charge is -2.25. The van der Waals surface area contributed by atoms with Crippen LogP contribution in [-0.2, 0) is 233 Å². The quantitative estimate of drug-likeness (QED) is 0.0222. The number of carbonyl (C=O) groups excluding carboxylic acids is 24. The van der Waals surface area contributed by atoms with E-state index in [1.54, 1.807) is 0 Å². The van der Waals surface area contributed by atoms with E-state index in [0.29, 0.717) is 0 Å². The first kappa shape index (κ1) is 111. The normalized spacial score (nSPS) is 32.3. The summed E-state index contributed by atoms with van der Waals surface area (Å²) in [5, 5.41) is 17.1. The molecule has 0 aliphatic carbocycles. The summed E-state index contributed by atoms with van der Waals surface area (Å²) in [5.41, 5.74) is 0. The first-order valence-corrected chi connectivity index (χ1v) is 43.3. The molecule has 32 atom stereocenters. The second-order valence-electron chi connectivity index (χ2n) is 32.8.